The molecule has 102 valence electrons. The molecule has 0 aliphatic heterocycles. The van der Waals surface area contributed by atoms with Gasteiger partial charge in [0.25, 0.3) is 5.91 Å². The Labute approximate surface area is 118 Å². The molecule has 6 nitrogen and oxygen atoms in total. The summed E-state index contributed by atoms with van der Waals surface area (Å²) in [5, 5.41) is 2.00. The smallest absolute Gasteiger partial charge is 0.340 e. The highest BCUT2D eigenvalue weighted by atomic mass is 35.5. The van der Waals surface area contributed by atoms with E-state index < -0.39 is 24.0 Å². The lowest BCUT2D eigenvalue weighted by Crippen LogP contribution is -2.42. The van der Waals surface area contributed by atoms with Crippen LogP contribution in [0.2, 0.25) is 10.0 Å². The van der Waals surface area contributed by atoms with Gasteiger partial charge in [0.05, 0.1) is 15.6 Å². The standard InChI is InChI=1S/C11H10Cl2N2O4/c1-5(9(16)15-11(14)18)19-10(17)6-3-2-4-7(12)8(6)13/h2-5H,1H3,(H3,14,15,16,18)/t5-/m1/s1. The molecule has 0 aliphatic rings. The Morgan fingerprint density at radius 3 is 2.53 bits per heavy atom. The van der Waals surface area contributed by atoms with Gasteiger partial charge in [-0.05, 0) is 19.1 Å². The lowest BCUT2D eigenvalue weighted by atomic mass is 10.2. The number of nitrogens with one attached hydrogen (secondary N) is 1. The lowest BCUT2D eigenvalue weighted by Gasteiger charge is -2.12. The predicted octanol–water partition coefficient (Wildman–Crippen LogP) is 1.73. The van der Waals surface area contributed by atoms with Crippen LogP contribution in [0.1, 0.15) is 17.3 Å². The van der Waals surface area contributed by atoms with Crippen LogP contribution in [0.25, 0.3) is 0 Å². The Bertz CT molecular complexity index is 533. The summed E-state index contributed by atoms with van der Waals surface area (Å²) < 4.78 is 4.83. The zero-order valence-electron chi connectivity index (χ0n) is 9.78. The van der Waals surface area contributed by atoms with Crippen molar-refractivity contribution in [1.29, 1.82) is 0 Å². The second-order valence-electron chi connectivity index (χ2n) is 3.50. The highest BCUT2D eigenvalue weighted by Gasteiger charge is 2.21. The Morgan fingerprint density at radius 1 is 1.32 bits per heavy atom. The maximum absolute atomic E-state index is 11.8. The number of urea groups is 1. The van der Waals surface area contributed by atoms with Gasteiger partial charge in [0, 0.05) is 0 Å². The molecule has 0 aromatic heterocycles. The molecule has 1 aromatic carbocycles. The van der Waals surface area contributed by atoms with E-state index in [0.29, 0.717) is 0 Å². The third-order valence-electron chi connectivity index (χ3n) is 2.07. The molecule has 0 unspecified atom stereocenters. The van der Waals surface area contributed by atoms with E-state index in [1.165, 1.54) is 25.1 Å². The van der Waals surface area contributed by atoms with Gasteiger partial charge < -0.3 is 10.5 Å². The number of rotatable bonds is 3. The van der Waals surface area contributed by atoms with Crippen molar-refractivity contribution in [2.75, 3.05) is 0 Å². The number of nitrogens with two attached hydrogens (primary N) is 1. The van der Waals surface area contributed by atoms with Crippen LogP contribution in [0, 0.1) is 0 Å². The first-order chi connectivity index (χ1) is 8.82. The summed E-state index contributed by atoms with van der Waals surface area (Å²) in [4.78, 5) is 33.6. The SMILES string of the molecule is C[C@@H](OC(=O)c1cccc(Cl)c1Cl)C(=O)NC(N)=O. The number of ether oxygens (including phenoxy) is 1. The molecule has 3 N–H and O–H groups in total. The summed E-state index contributed by atoms with van der Waals surface area (Å²) in [7, 11) is 0. The summed E-state index contributed by atoms with van der Waals surface area (Å²) in [5.41, 5.74) is 4.79. The van der Waals surface area contributed by atoms with Crippen molar-refractivity contribution in [3.8, 4) is 0 Å². The molecular formula is C11H10Cl2N2O4. The molecule has 0 bridgehead atoms. The lowest BCUT2D eigenvalue weighted by molar-refractivity contribution is -0.127. The monoisotopic (exact) mass is 304 g/mol. The molecule has 19 heavy (non-hydrogen) atoms. The normalized spacial score (nSPS) is 11.5. The van der Waals surface area contributed by atoms with E-state index in [1.54, 1.807) is 5.32 Å². The van der Waals surface area contributed by atoms with Gasteiger partial charge in [0.1, 0.15) is 0 Å². The van der Waals surface area contributed by atoms with Gasteiger partial charge in [-0.15, -0.1) is 0 Å². The third kappa shape index (κ3) is 4.11. The van der Waals surface area contributed by atoms with Gasteiger partial charge in [0.15, 0.2) is 6.10 Å². The average molecular weight is 305 g/mol. The molecule has 3 amide bonds. The van der Waals surface area contributed by atoms with Crippen molar-refractivity contribution in [1.82, 2.24) is 5.32 Å². The van der Waals surface area contributed by atoms with Crippen LogP contribution in [0.15, 0.2) is 18.2 Å². The number of imide groups is 1. The van der Waals surface area contributed by atoms with Crippen LogP contribution in [0.5, 0.6) is 0 Å². The second kappa shape index (κ2) is 6.40. The summed E-state index contributed by atoms with van der Waals surface area (Å²) in [5.74, 6) is -1.67. The number of carbonyl (C=O) groups excluding carboxylic acids is 3. The molecule has 0 radical (unpaired) electrons. The molecular weight excluding hydrogens is 295 g/mol. The van der Waals surface area contributed by atoms with Gasteiger partial charge in [-0.25, -0.2) is 9.59 Å². The number of benzene rings is 1. The molecule has 1 atom stereocenters. The van der Waals surface area contributed by atoms with Gasteiger partial charge in [0.2, 0.25) is 0 Å². The topological polar surface area (TPSA) is 98.5 Å². The van der Waals surface area contributed by atoms with E-state index in [9.17, 15) is 14.4 Å². The minimum absolute atomic E-state index is 0.0212. The van der Waals surface area contributed by atoms with Gasteiger partial charge in [-0.2, -0.15) is 0 Å². The second-order valence-corrected chi connectivity index (χ2v) is 4.29. The van der Waals surface area contributed by atoms with Crippen molar-refractivity contribution in [3.05, 3.63) is 33.8 Å². The Kier molecular flexibility index (Phi) is 5.14. The van der Waals surface area contributed by atoms with Gasteiger partial charge in [-0.1, -0.05) is 29.3 Å². The van der Waals surface area contributed by atoms with Crippen LogP contribution in [-0.4, -0.2) is 24.0 Å². The zero-order chi connectivity index (χ0) is 14.6. The summed E-state index contributed by atoms with van der Waals surface area (Å²) in [6.07, 6.45) is -1.20. The van der Waals surface area contributed by atoms with E-state index in [-0.39, 0.29) is 15.6 Å². The number of hydrogen-bond acceptors (Lipinski definition) is 4. The highest BCUT2D eigenvalue weighted by Crippen LogP contribution is 2.26. The molecule has 1 rings (SSSR count). The van der Waals surface area contributed by atoms with Crippen molar-refractivity contribution in [2.45, 2.75) is 13.0 Å². The Hall–Kier alpha value is -1.79. The van der Waals surface area contributed by atoms with E-state index in [0.717, 1.165) is 0 Å². The summed E-state index contributed by atoms with van der Waals surface area (Å²) >= 11 is 11.6. The van der Waals surface area contributed by atoms with E-state index >= 15 is 0 Å². The van der Waals surface area contributed by atoms with E-state index in [2.05, 4.69) is 0 Å². The number of carbonyl (C=O) groups is 3. The number of esters is 1. The Balaban J connectivity index is 2.77. The fourth-order valence-electron chi connectivity index (χ4n) is 1.16. The summed E-state index contributed by atoms with van der Waals surface area (Å²) in [6.45, 7) is 1.29. The van der Waals surface area contributed by atoms with Crippen molar-refractivity contribution < 1.29 is 19.1 Å². The maximum Gasteiger partial charge on any atom is 0.340 e. The minimum Gasteiger partial charge on any atom is -0.449 e. The largest absolute Gasteiger partial charge is 0.449 e. The van der Waals surface area contributed by atoms with Crippen molar-refractivity contribution >= 4 is 41.1 Å². The fourth-order valence-corrected chi connectivity index (χ4v) is 1.54. The molecule has 0 spiro atoms. The van der Waals surface area contributed by atoms with Crippen LogP contribution in [0.4, 0.5) is 4.79 Å². The quantitative estimate of drug-likeness (QED) is 0.831. The highest BCUT2D eigenvalue weighted by molar-refractivity contribution is 6.43. The number of primary amides is 1. The van der Waals surface area contributed by atoms with Crippen LogP contribution in [0.3, 0.4) is 0 Å². The van der Waals surface area contributed by atoms with E-state index in [1.807, 2.05) is 0 Å². The number of amides is 3. The first kappa shape index (κ1) is 15.3. The minimum atomic E-state index is -1.20. The predicted molar refractivity (Wildman–Crippen MR) is 69.1 cm³/mol. The first-order valence-electron chi connectivity index (χ1n) is 5.08. The van der Waals surface area contributed by atoms with Crippen LogP contribution < -0.4 is 11.1 Å². The van der Waals surface area contributed by atoms with Crippen LogP contribution >= 0.6 is 23.2 Å². The molecule has 0 heterocycles. The molecule has 0 aliphatic carbocycles. The molecule has 8 heteroatoms. The third-order valence-corrected chi connectivity index (χ3v) is 2.89. The molecule has 0 fully saturated rings. The molecule has 1 aromatic rings. The first-order valence-corrected chi connectivity index (χ1v) is 5.83. The number of hydrogen-bond donors (Lipinski definition) is 2. The molecule has 0 saturated heterocycles. The zero-order valence-corrected chi connectivity index (χ0v) is 11.3. The molecule has 0 saturated carbocycles. The van der Waals surface area contributed by atoms with E-state index in [4.69, 9.17) is 33.7 Å². The summed E-state index contributed by atoms with van der Waals surface area (Å²) in [6, 6.07) is 3.38. The van der Waals surface area contributed by atoms with Crippen molar-refractivity contribution in [3.63, 3.8) is 0 Å². The van der Waals surface area contributed by atoms with Gasteiger partial charge in [-0.3, -0.25) is 10.1 Å². The van der Waals surface area contributed by atoms with Crippen molar-refractivity contribution in [2.24, 2.45) is 5.73 Å². The Morgan fingerprint density at radius 2 is 1.95 bits per heavy atom. The average Bonchev–Trinajstić information content (AvgIpc) is 2.31. The maximum atomic E-state index is 11.8. The van der Waals surface area contributed by atoms with Crippen LogP contribution in [-0.2, 0) is 9.53 Å². The fraction of sp³-hybridized carbons (Fsp3) is 0.182. The number of halogens is 2. The van der Waals surface area contributed by atoms with Gasteiger partial charge >= 0.3 is 12.0 Å².